The molecule has 0 radical (unpaired) electrons. The molecule has 0 saturated carbocycles. The van der Waals surface area contributed by atoms with Crippen molar-refractivity contribution in [3.8, 4) is 34.7 Å². The van der Waals surface area contributed by atoms with Crippen molar-refractivity contribution in [1.29, 1.82) is 0 Å². The third-order valence-electron chi connectivity index (χ3n) is 5.08. The maximum atomic E-state index is 13.5. The van der Waals surface area contributed by atoms with Gasteiger partial charge in [0, 0.05) is 22.9 Å². The Bertz CT molecular complexity index is 1450. The van der Waals surface area contributed by atoms with E-state index >= 15 is 0 Å². The summed E-state index contributed by atoms with van der Waals surface area (Å²) >= 11 is 0. The molecule has 2 aromatic heterocycles. The number of halogens is 3. The quantitative estimate of drug-likeness (QED) is 0.271. The fourth-order valence-electron chi connectivity index (χ4n) is 3.39. The van der Waals surface area contributed by atoms with Gasteiger partial charge in [-0.05, 0) is 49.4 Å². The van der Waals surface area contributed by atoms with Crippen LogP contribution in [0, 0.1) is 11.8 Å². The van der Waals surface area contributed by atoms with Crippen LogP contribution < -0.4 is 4.74 Å². The third-order valence-corrected chi connectivity index (χ3v) is 5.08. The second kappa shape index (κ2) is 10.4. The fourth-order valence-corrected chi connectivity index (χ4v) is 3.39. The molecular formula is C27H20F3N3O3. The first kappa shape index (κ1) is 24.5. The molecule has 0 saturated heterocycles. The number of aromatic nitrogens is 3. The molecule has 9 heteroatoms. The van der Waals surface area contributed by atoms with Crippen LogP contribution in [0.3, 0.4) is 0 Å². The number of pyridine rings is 1. The summed E-state index contributed by atoms with van der Waals surface area (Å²) in [7, 11) is 1.59. The molecule has 36 heavy (non-hydrogen) atoms. The highest BCUT2D eigenvalue weighted by molar-refractivity contribution is 5.90. The standard InChI is InChI=1S/C27H20F3N3O3/c1-3-36-26(34)22-17-33(32-25(22)27(28,29)30)24-10-6-9-23(31-24)21-8-5-4-7-19(21)14-11-18-12-15-20(35-2)16-13-18/h4-10,12-13,15-17H,3H2,1-2H3. The first-order valence-corrected chi connectivity index (χ1v) is 10.9. The molecule has 0 unspecified atom stereocenters. The number of alkyl halides is 3. The van der Waals surface area contributed by atoms with Crippen LogP contribution in [-0.2, 0) is 10.9 Å². The molecule has 0 aliphatic heterocycles. The minimum atomic E-state index is -4.84. The molecule has 2 aromatic carbocycles. The average molecular weight is 491 g/mol. The van der Waals surface area contributed by atoms with Gasteiger partial charge in [-0.25, -0.2) is 14.5 Å². The van der Waals surface area contributed by atoms with E-state index in [-0.39, 0.29) is 12.4 Å². The molecule has 182 valence electrons. The minimum absolute atomic E-state index is 0.0661. The number of hydrogen-bond acceptors (Lipinski definition) is 5. The minimum Gasteiger partial charge on any atom is -0.497 e. The second-order valence-electron chi connectivity index (χ2n) is 7.46. The number of ether oxygens (including phenoxy) is 2. The van der Waals surface area contributed by atoms with Gasteiger partial charge in [0.15, 0.2) is 11.5 Å². The van der Waals surface area contributed by atoms with E-state index in [9.17, 15) is 18.0 Å². The maximum Gasteiger partial charge on any atom is 0.436 e. The van der Waals surface area contributed by atoms with Crippen LogP contribution in [0.25, 0.3) is 17.1 Å². The smallest absolute Gasteiger partial charge is 0.436 e. The molecule has 4 aromatic rings. The van der Waals surface area contributed by atoms with Crippen molar-refractivity contribution in [2.24, 2.45) is 0 Å². The lowest BCUT2D eigenvalue weighted by molar-refractivity contribution is -0.141. The van der Waals surface area contributed by atoms with E-state index in [2.05, 4.69) is 21.9 Å². The third kappa shape index (κ3) is 5.39. The van der Waals surface area contributed by atoms with Crippen LogP contribution in [0.4, 0.5) is 13.2 Å². The Morgan fingerprint density at radius 1 is 1.00 bits per heavy atom. The van der Waals surface area contributed by atoms with Crippen LogP contribution in [0.15, 0.2) is 72.9 Å². The molecule has 0 bridgehead atoms. The van der Waals surface area contributed by atoms with E-state index in [0.29, 0.717) is 16.8 Å². The SMILES string of the molecule is CCOC(=O)c1cn(-c2cccc(-c3ccccc3C#Cc3ccc(OC)cc3)n2)nc1C(F)(F)F. The lowest BCUT2D eigenvalue weighted by Crippen LogP contribution is -2.14. The second-order valence-corrected chi connectivity index (χ2v) is 7.46. The number of methoxy groups -OCH3 is 1. The summed E-state index contributed by atoms with van der Waals surface area (Å²) in [6.45, 7) is 1.44. The zero-order valence-electron chi connectivity index (χ0n) is 19.3. The van der Waals surface area contributed by atoms with E-state index in [4.69, 9.17) is 9.47 Å². The predicted molar refractivity (Wildman–Crippen MR) is 127 cm³/mol. The number of nitrogens with zero attached hydrogens (tertiary/aromatic N) is 3. The Hall–Kier alpha value is -4.58. The topological polar surface area (TPSA) is 66.2 Å². The van der Waals surface area contributed by atoms with Gasteiger partial charge in [0.05, 0.1) is 19.4 Å². The van der Waals surface area contributed by atoms with Gasteiger partial charge in [-0.15, -0.1) is 0 Å². The van der Waals surface area contributed by atoms with Gasteiger partial charge in [-0.3, -0.25) is 0 Å². The van der Waals surface area contributed by atoms with Crippen LogP contribution in [-0.4, -0.2) is 34.5 Å². The first-order chi connectivity index (χ1) is 17.3. The molecule has 0 fully saturated rings. The highest BCUT2D eigenvalue weighted by Gasteiger charge is 2.40. The largest absolute Gasteiger partial charge is 0.497 e. The van der Waals surface area contributed by atoms with E-state index in [1.807, 2.05) is 48.5 Å². The molecule has 2 heterocycles. The van der Waals surface area contributed by atoms with Crippen molar-refractivity contribution in [3.05, 3.63) is 95.3 Å². The van der Waals surface area contributed by atoms with Crippen molar-refractivity contribution in [3.63, 3.8) is 0 Å². The van der Waals surface area contributed by atoms with Crippen LogP contribution >= 0.6 is 0 Å². The number of benzene rings is 2. The van der Waals surface area contributed by atoms with Crippen molar-refractivity contribution in [2.75, 3.05) is 13.7 Å². The number of rotatable bonds is 5. The molecule has 0 aliphatic carbocycles. The highest BCUT2D eigenvalue weighted by Crippen LogP contribution is 2.32. The van der Waals surface area contributed by atoms with Crippen molar-refractivity contribution >= 4 is 5.97 Å². The Kier molecular flexibility index (Phi) is 7.06. The van der Waals surface area contributed by atoms with Crippen molar-refractivity contribution < 1.29 is 27.4 Å². The zero-order chi connectivity index (χ0) is 25.7. The number of carbonyl (C=O) groups is 1. The molecule has 0 aliphatic rings. The Labute approximate surface area is 205 Å². The van der Waals surface area contributed by atoms with Crippen LogP contribution in [0.1, 0.15) is 34.1 Å². The summed E-state index contributed by atoms with van der Waals surface area (Å²) in [6, 6.07) is 19.5. The van der Waals surface area contributed by atoms with Gasteiger partial charge in [0.2, 0.25) is 0 Å². The van der Waals surface area contributed by atoms with Gasteiger partial charge in [-0.1, -0.05) is 36.1 Å². The van der Waals surface area contributed by atoms with Gasteiger partial charge in [0.25, 0.3) is 0 Å². The van der Waals surface area contributed by atoms with E-state index < -0.39 is 23.4 Å². The molecule has 6 nitrogen and oxygen atoms in total. The lowest BCUT2D eigenvalue weighted by atomic mass is 10.0. The van der Waals surface area contributed by atoms with Crippen molar-refractivity contribution in [1.82, 2.24) is 14.8 Å². The Morgan fingerprint density at radius 2 is 1.75 bits per heavy atom. The van der Waals surface area contributed by atoms with Crippen molar-refractivity contribution in [2.45, 2.75) is 13.1 Å². The van der Waals surface area contributed by atoms with Gasteiger partial charge in [-0.2, -0.15) is 18.3 Å². The van der Waals surface area contributed by atoms with E-state index in [0.717, 1.165) is 22.2 Å². The lowest BCUT2D eigenvalue weighted by Gasteiger charge is -2.07. The summed E-state index contributed by atoms with van der Waals surface area (Å²) in [6.07, 6.45) is -3.86. The first-order valence-electron chi connectivity index (χ1n) is 10.9. The summed E-state index contributed by atoms with van der Waals surface area (Å²) in [5.74, 6) is 5.94. The summed E-state index contributed by atoms with van der Waals surface area (Å²) in [4.78, 5) is 16.6. The predicted octanol–water partition coefficient (Wildman–Crippen LogP) is 5.54. The molecule has 0 spiro atoms. The van der Waals surface area contributed by atoms with Gasteiger partial charge >= 0.3 is 12.1 Å². The molecular weight excluding hydrogens is 471 g/mol. The molecule has 0 amide bonds. The fraction of sp³-hybridized carbons (Fsp3) is 0.148. The molecule has 0 N–H and O–H groups in total. The maximum absolute atomic E-state index is 13.5. The van der Waals surface area contributed by atoms with E-state index in [1.54, 1.807) is 19.2 Å². The average Bonchev–Trinajstić information content (AvgIpc) is 3.35. The number of carbonyl (C=O) groups excluding carboxylic acids is 1. The molecule has 0 atom stereocenters. The van der Waals surface area contributed by atoms with Gasteiger partial charge in [0.1, 0.15) is 11.3 Å². The summed E-state index contributed by atoms with van der Waals surface area (Å²) in [5.41, 5.74) is 0.626. The van der Waals surface area contributed by atoms with Gasteiger partial charge < -0.3 is 9.47 Å². The normalized spacial score (nSPS) is 10.9. The zero-order valence-corrected chi connectivity index (χ0v) is 19.3. The highest BCUT2D eigenvalue weighted by atomic mass is 19.4. The number of hydrogen-bond donors (Lipinski definition) is 0. The van der Waals surface area contributed by atoms with E-state index in [1.165, 1.54) is 13.0 Å². The Morgan fingerprint density at radius 3 is 2.44 bits per heavy atom. The monoisotopic (exact) mass is 491 g/mol. The van der Waals surface area contributed by atoms with Crippen LogP contribution in [0.5, 0.6) is 5.75 Å². The Balaban J connectivity index is 1.72. The molecule has 4 rings (SSSR count). The summed E-state index contributed by atoms with van der Waals surface area (Å²) < 4.78 is 51.4. The van der Waals surface area contributed by atoms with Crippen LogP contribution in [0.2, 0.25) is 0 Å². The number of esters is 1. The summed E-state index contributed by atoms with van der Waals surface area (Å²) in [5, 5.41) is 3.59.